The number of para-hydroxylation sites is 1. The van der Waals surface area contributed by atoms with Crippen molar-refractivity contribution in [2.75, 3.05) is 33.4 Å². The van der Waals surface area contributed by atoms with Crippen molar-refractivity contribution in [3.8, 4) is 5.69 Å². The van der Waals surface area contributed by atoms with E-state index in [2.05, 4.69) is 10.3 Å². The van der Waals surface area contributed by atoms with Crippen LogP contribution < -0.4 is 0 Å². The number of ether oxygens (including phenoxy) is 1. The van der Waals surface area contributed by atoms with E-state index in [1.54, 1.807) is 30.2 Å². The minimum Gasteiger partial charge on any atom is -0.465 e. The van der Waals surface area contributed by atoms with Gasteiger partial charge in [0.05, 0.1) is 17.8 Å². The van der Waals surface area contributed by atoms with Crippen molar-refractivity contribution in [2.45, 2.75) is 72.4 Å². The van der Waals surface area contributed by atoms with Crippen molar-refractivity contribution in [3.05, 3.63) is 41.5 Å². The number of aliphatic hydroxyl groups is 1. The highest BCUT2D eigenvalue weighted by molar-refractivity contribution is 5.94. The topological polar surface area (TPSA) is 121 Å². The Morgan fingerprint density at radius 3 is 2.50 bits per heavy atom. The highest BCUT2D eigenvalue weighted by Crippen LogP contribution is 2.38. The van der Waals surface area contributed by atoms with Crippen LogP contribution in [-0.4, -0.2) is 92.5 Å². The molecule has 0 spiro atoms. The van der Waals surface area contributed by atoms with E-state index < -0.39 is 29.4 Å². The molecule has 1 aromatic heterocycles. The highest BCUT2D eigenvalue weighted by Gasteiger charge is 2.48. The second-order valence-corrected chi connectivity index (χ2v) is 12.1. The molecule has 2 heterocycles. The summed E-state index contributed by atoms with van der Waals surface area (Å²) in [6.07, 6.45) is 1.21. The zero-order valence-corrected chi connectivity index (χ0v) is 24.5. The van der Waals surface area contributed by atoms with Crippen LogP contribution in [-0.2, 0) is 11.2 Å². The van der Waals surface area contributed by atoms with Gasteiger partial charge in [-0.2, -0.15) is 0 Å². The molecule has 1 fully saturated rings. The molecule has 0 saturated carbocycles. The van der Waals surface area contributed by atoms with Gasteiger partial charge in [-0.1, -0.05) is 52.0 Å². The van der Waals surface area contributed by atoms with E-state index in [1.165, 1.54) is 15.6 Å². The van der Waals surface area contributed by atoms with Gasteiger partial charge in [-0.3, -0.25) is 4.79 Å². The third kappa shape index (κ3) is 7.17. The average Bonchev–Trinajstić information content (AvgIpc) is 3.31. The van der Waals surface area contributed by atoms with Gasteiger partial charge in [0.25, 0.3) is 5.91 Å². The second kappa shape index (κ2) is 13.5. The van der Waals surface area contributed by atoms with Gasteiger partial charge in [0, 0.05) is 39.3 Å². The Bertz CT molecular complexity index is 1150. The van der Waals surface area contributed by atoms with Crippen LogP contribution >= 0.6 is 0 Å². The Kier molecular flexibility index (Phi) is 10.7. The minimum atomic E-state index is -1.08. The molecule has 2 aromatic rings. The van der Waals surface area contributed by atoms with Crippen LogP contribution in [0.4, 0.5) is 9.18 Å². The molecule has 1 aromatic carbocycles. The summed E-state index contributed by atoms with van der Waals surface area (Å²) in [5.74, 6) is -1.10. The second-order valence-electron chi connectivity index (χ2n) is 12.1. The zero-order valence-electron chi connectivity index (χ0n) is 24.5. The van der Waals surface area contributed by atoms with E-state index in [9.17, 15) is 24.2 Å². The first-order valence-corrected chi connectivity index (χ1v) is 14.0. The number of amides is 2. The lowest BCUT2D eigenvalue weighted by Gasteiger charge is -2.52. The molecule has 0 aliphatic carbocycles. The summed E-state index contributed by atoms with van der Waals surface area (Å²) in [7, 11) is 1.62. The van der Waals surface area contributed by atoms with Gasteiger partial charge in [-0.05, 0) is 49.1 Å². The molecule has 3 atom stereocenters. The van der Waals surface area contributed by atoms with E-state index in [4.69, 9.17) is 4.74 Å². The molecule has 1 aliphatic heterocycles. The Labute approximate surface area is 236 Å². The summed E-state index contributed by atoms with van der Waals surface area (Å²) in [5.41, 5.74) is 0.333. The van der Waals surface area contributed by atoms with Crippen molar-refractivity contribution < 1.29 is 28.9 Å². The maximum absolute atomic E-state index is 14.8. The molecule has 11 heteroatoms. The smallest absolute Gasteiger partial charge is 0.407 e. The number of hydrogen-bond donors (Lipinski definition) is 2. The number of hydrogen-bond acceptors (Lipinski definition) is 6. The standard InChI is InChI=1S/C29H44FN5O5/c1-19(2)16-33(24-15-20(18-36)17-34(28(38)39)26(24)29(3,4)5)27(37)25-23(13-9-10-14-40-6)35(32-31-25)22-12-8-7-11-21(22)30/h7-8,11-12,19-20,24,26,36H,9-10,13-18H2,1-6H3,(H,38,39)/t20-,24+,26?/m1/s1. The lowest BCUT2D eigenvalue weighted by molar-refractivity contribution is -0.0319. The molecular formula is C29H44FN5O5. The predicted octanol–water partition coefficient (Wildman–Crippen LogP) is 4.25. The van der Waals surface area contributed by atoms with Gasteiger partial charge in [0.2, 0.25) is 0 Å². The van der Waals surface area contributed by atoms with E-state index in [-0.39, 0.29) is 42.3 Å². The van der Waals surface area contributed by atoms with E-state index in [0.29, 0.717) is 38.1 Å². The fourth-order valence-corrected chi connectivity index (χ4v) is 5.76. The fourth-order valence-electron chi connectivity index (χ4n) is 5.76. The normalized spacial score (nSPS) is 19.7. The monoisotopic (exact) mass is 561 g/mol. The van der Waals surface area contributed by atoms with Gasteiger partial charge >= 0.3 is 6.09 Å². The van der Waals surface area contributed by atoms with Crippen molar-refractivity contribution >= 4 is 12.0 Å². The number of carbonyl (C=O) groups excluding carboxylic acids is 1. The number of unbranched alkanes of at least 4 members (excludes halogenated alkanes) is 1. The van der Waals surface area contributed by atoms with Gasteiger partial charge in [-0.25, -0.2) is 13.9 Å². The van der Waals surface area contributed by atoms with Crippen LogP contribution in [0.5, 0.6) is 0 Å². The Morgan fingerprint density at radius 1 is 1.23 bits per heavy atom. The summed E-state index contributed by atoms with van der Waals surface area (Å²) >= 11 is 0. The molecule has 0 radical (unpaired) electrons. The number of halogens is 1. The van der Waals surface area contributed by atoms with Crippen LogP contribution in [0, 0.1) is 23.1 Å². The first-order valence-electron chi connectivity index (χ1n) is 14.0. The predicted molar refractivity (Wildman–Crippen MR) is 149 cm³/mol. The highest BCUT2D eigenvalue weighted by atomic mass is 19.1. The maximum Gasteiger partial charge on any atom is 0.407 e. The Morgan fingerprint density at radius 2 is 1.93 bits per heavy atom. The number of piperidine rings is 1. The third-order valence-electron chi connectivity index (χ3n) is 7.40. The first kappa shape index (κ1) is 31.5. The largest absolute Gasteiger partial charge is 0.465 e. The molecule has 1 saturated heterocycles. The lowest BCUT2D eigenvalue weighted by atomic mass is 9.74. The summed E-state index contributed by atoms with van der Waals surface area (Å²) in [6, 6.07) is 5.21. The van der Waals surface area contributed by atoms with Gasteiger partial charge in [-0.15, -0.1) is 5.10 Å². The van der Waals surface area contributed by atoms with Crippen LogP contribution in [0.25, 0.3) is 5.69 Å². The van der Waals surface area contributed by atoms with Crippen LogP contribution in [0.3, 0.4) is 0 Å². The van der Waals surface area contributed by atoms with Crippen molar-refractivity contribution in [1.82, 2.24) is 24.8 Å². The number of rotatable bonds is 11. The zero-order chi connectivity index (χ0) is 29.6. The maximum atomic E-state index is 14.8. The minimum absolute atomic E-state index is 0.0733. The number of carboxylic acid groups (broad SMARTS) is 1. The molecule has 40 heavy (non-hydrogen) atoms. The fraction of sp³-hybridized carbons (Fsp3) is 0.655. The Hall–Kier alpha value is -3.05. The van der Waals surface area contributed by atoms with Crippen LogP contribution in [0.2, 0.25) is 0 Å². The molecule has 3 rings (SSSR count). The lowest BCUT2D eigenvalue weighted by Crippen LogP contribution is -2.65. The van der Waals surface area contributed by atoms with Gasteiger partial charge < -0.3 is 24.7 Å². The molecule has 2 amide bonds. The molecule has 222 valence electrons. The van der Waals surface area contributed by atoms with E-state index >= 15 is 0 Å². The third-order valence-corrected chi connectivity index (χ3v) is 7.40. The van der Waals surface area contributed by atoms with Gasteiger partial charge in [0.1, 0.15) is 11.5 Å². The molecule has 0 bridgehead atoms. The van der Waals surface area contributed by atoms with Crippen molar-refractivity contribution in [2.24, 2.45) is 17.3 Å². The van der Waals surface area contributed by atoms with Gasteiger partial charge in [0.15, 0.2) is 5.69 Å². The van der Waals surface area contributed by atoms with Crippen molar-refractivity contribution in [3.63, 3.8) is 0 Å². The summed E-state index contributed by atoms with van der Waals surface area (Å²) < 4.78 is 21.4. The number of carbonyl (C=O) groups is 2. The van der Waals surface area contributed by atoms with E-state index in [0.717, 1.165) is 6.42 Å². The molecule has 1 aliphatic rings. The number of aliphatic hydroxyl groups excluding tert-OH is 1. The first-order chi connectivity index (χ1) is 18.9. The summed E-state index contributed by atoms with van der Waals surface area (Å²) in [6.45, 7) is 10.8. The number of likely N-dealkylation sites (tertiary alicyclic amines) is 1. The summed E-state index contributed by atoms with van der Waals surface area (Å²) in [5, 5.41) is 28.7. The Balaban J connectivity index is 2.12. The quantitative estimate of drug-likeness (QED) is 0.394. The number of aromatic nitrogens is 3. The average molecular weight is 562 g/mol. The number of nitrogens with zero attached hydrogens (tertiary/aromatic N) is 5. The van der Waals surface area contributed by atoms with Crippen LogP contribution in [0.15, 0.2) is 24.3 Å². The molecule has 10 nitrogen and oxygen atoms in total. The van der Waals surface area contributed by atoms with Crippen molar-refractivity contribution in [1.29, 1.82) is 0 Å². The molecule has 2 N–H and O–H groups in total. The van der Waals surface area contributed by atoms with E-state index in [1.807, 2.05) is 34.6 Å². The summed E-state index contributed by atoms with van der Waals surface area (Å²) in [4.78, 5) is 29.9. The molecular weight excluding hydrogens is 517 g/mol. The molecule has 1 unspecified atom stereocenters. The SMILES string of the molecule is COCCCCc1c(C(=O)N(CC(C)C)[C@H]2C[C@@H](CO)CN(C(=O)O)C2C(C)(C)C)nnn1-c1ccccc1F. The number of methoxy groups -OCH3 is 1. The number of benzene rings is 1. The van der Waals surface area contributed by atoms with Crippen LogP contribution in [0.1, 0.15) is 70.1 Å².